The summed E-state index contributed by atoms with van der Waals surface area (Å²) in [6.45, 7) is 3.85. The molecule has 3 nitrogen and oxygen atoms in total. The van der Waals surface area contributed by atoms with E-state index in [1.807, 2.05) is 13.0 Å². The first-order chi connectivity index (χ1) is 5.36. The van der Waals surface area contributed by atoms with E-state index in [-0.39, 0.29) is 0 Å². The topological polar surface area (TPSA) is 33.6 Å². The van der Waals surface area contributed by atoms with Gasteiger partial charge in [0.25, 0.3) is 0 Å². The summed E-state index contributed by atoms with van der Waals surface area (Å²) in [5.41, 5.74) is 0. The molecule has 0 bridgehead atoms. The minimum atomic E-state index is 0.346. The van der Waals surface area contributed by atoms with Crippen LogP contribution in [0.3, 0.4) is 0 Å². The van der Waals surface area contributed by atoms with E-state index in [2.05, 4.69) is 10.3 Å². The van der Waals surface area contributed by atoms with Crippen molar-refractivity contribution in [3.63, 3.8) is 0 Å². The molecule has 62 valence electrons. The number of nitrogens with zero attached hydrogens (tertiary/aromatic N) is 1. The Labute approximate surface area is 67.2 Å². The molecular formula is C8H14N2O. The lowest BCUT2D eigenvalue weighted by atomic mass is 10.2. The largest absolute Gasteiger partial charge is 0.487 e. The van der Waals surface area contributed by atoms with E-state index in [0.717, 1.165) is 18.8 Å². The van der Waals surface area contributed by atoms with Crippen molar-refractivity contribution in [2.45, 2.75) is 13.0 Å². The highest BCUT2D eigenvalue weighted by atomic mass is 16.5. The molecule has 1 rings (SSSR count). The van der Waals surface area contributed by atoms with E-state index >= 15 is 0 Å². The molecular weight excluding hydrogens is 140 g/mol. The van der Waals surface area contributed by atoms with Gasteiger partial charge in [0.15, 0.2) is 0 Å². The lowest BCUT2D eigenvalue weighted by Gasteiger charge is -2.27. The minimum absolute atomic E-state index is 0.346. The number of ether oxygens (including phenoxy) is 1. The molecule has 0 radical (unpaired) electrons. The van der Waals surface area contributed by atoms with E-state index in [1.54, 1.807) is 13.3 Å². The fraction of sp³-hybridized carbons (Fsp3) is 0.625. The summed E-state index contributed by atoms with van der Waals surface area (Å²) >= 11 is 0. The number of nitrogens with one attached hydrogen (secondary N) is 1. The molecule has 1 heterocycles. The van der Waals surface area contributed by atoms with Gasteiger partial charge >= 0.3 is 0 Å². The first kappa shape index (κ1) is 8.27. The molecule has 0 saturated carbocycles. The van der Waals surface area contributed by atoms with E-state index < -0.39 is 0 Å². The average molecular weight is 154 g/mol. The Morgan fingerprint density at radius 1 is 1.64 bits per heavy atom. The van der Waals surface area contributed by atoms with Crippen LogP contribution in [-0.2, 0) is 4.74 Å². The molecule has 0 aromatic heterocycles. The van der Waals surface area contributed by atoms with Crippen LogP contribution in [0.15, 0.2) is 16.8 Å². The third kappa shape index (κ3) is 2.35. The Kier molecular flexibility index (Phi) is 3.11. The molecule has 11 heavy (non-hydrogen) atoms. The van der Waals surface area contributed by atoms with Crippen LogP contribution in [0, 0.1) is 0 Å². The molecule has 0 aliphatic carbocycles. The van der Waals surface area contributed by atoms with Gasteiger partial charge in [0.2, 0.25) is 0 Å². The molecule has 0 spiro atoms. The third-order valence-corrected chi connectivity index (χ3v) is 1.59. The lowest BCUT2D eigenvalue weighted by molar-refractivity contribution is 0.0833. The first-order valence-corrected chi connectivity index (χ1v) is 3.82. The maximum atomic E-state index is 5.53. The lowest BCUT2D eigenvalue weighted by Crippen LogP contribution is -2.48. The molecule has 0 unspecified atom stereocenters. The highest BCUT2D eigenvalue weighted by Gasteiger charge is 2.18. The molecule has 1 aliphatic rings. The summed E-state index contributed by atoms with van der Waals surface area (Å²) in [7, 11) is 1.74. The predicted octanol–water partition coefficient (Wildman–Crippen LogP) is 0.579. The minimum Gasteiger partial charge on any atom is -0.487 e. The molecule has 3 heteroatoms. The van der Waals surface area contributed by atoms with E-state index in [9.17, 15) is 0 Å². The fourth-order valence-corrected chi connectivity index (χ4v) is 0.838. The van der Waals surface area contributed by atoms with E-state index in [4.69, 9.17) is 4.74 Å². The average Bonchev–Trinajstić information content (AvgIpc) is 1.94. The monoisotopic (exact) mass is 154 g/mol. The highest BCUT2D eigenvalue weighted by molar-refractivity contribution is 5.75. The van der Waals surface area contributed by atoms with Gasteiger partial charge in [-0.1, -0.05) is 0 Å². The Morgan fingerprint density at radius 3 is 2.73 bits per heavy atom. The predicted molar refractivity (Wildman–Crippen MR) is 45.9 cm³/mol. The van der Waals surface area contributed by atoms with Crippen LogP contribution in [0.1, 0.15) is 6.92 Å². The van der Waals surface area contributed by atoms with Crippen molar-refractivity contribution in [2.24, 2.45) is 4.99 Å². The summed E-state index contributed by atoms with van der Waals surface area (Å²) in [5.74, 6) is 0.860. The van der Waals surface area contributed by atoms with Crippen molar-refractivity contribution in [1.29, 1.82) is 0 Å². The van der Waals surface area contributed by atoms with Gasteiger partial charge < -0.3 is 10.1 Å². The Hall–Kier alpha value is -0.830. The Balaban J connectivity index is 2.31. The summed E-state index contributed by atoms with van der Waals surface area (Å²) in [6.07, 6.45) is 4.00. The van der Waals surface area contributed by atoms with Gasteiger partial charge in [-0.3, -0.25) is 4.99 Å². The zero-order valence-electron chi connectivity index (χ0n) is 7.00. The number of allylic oxidation sites excluding steroid dienone is 2. The second kappa shape index (κ2) is 4.13. The Morgan fingerprint density at radius 2 is 2.36 bits per heavy atom. The Bertz CT molecular complexity index is 171. The SMILES string of the molecule is C/C=C(\C=NC)OC1CNC1. The van der Waals surface area contributed by atoms with Crippen molar-refractivity contribution in [3.8, 4) is 0 Å². The standard InChI is InChI=1S/C8H14N2O/c1-3-7(4-9-2)11-8-5-10-6-8/h3-4,8,10H,5-6H2,1-2H3/b7-3+,9-4?. The van der Waals surface area contributed by atoms with Crippen LogP contribution < -0.4 is 5.32 Å². The second-order valence-corrected chi connectivity index (χ2v) is 2.48. The number of aliphatic imine (C=N–C) groups is 1. The number of hydrogen-bond acceptors (Lipinski definition) is 3. The van der Waals surface area contributed by atoms with Crippen molar-refractivity contribution in [2.75, 3.05) is 20.1 Å². The fourth-order valence-electron chi connectivity index (χ4n) is 0.838. The second-order valence-electron chi connectivity index (χ2n) is 2.48. The van der Waals surface area contributed by atoms with Gasteiger partial charge in [-0.05, 0) is 13.0 Å². The van der Waals surface area contributed by atoms with Gasteiger partial charge in [0.1, 0.15) is 11.9 Å². The number of hydrogen-bond donors (Lipinski definition) is 1. The van der Waals surface area contributed by atoms with Crippen LogP contribution in [0.2, 0.25) is 0 Å². The molecule has 1 saturated heterocycles. The summed E-state index contributed by atoms with van der Waals surface area (Å²) in [6, 6.07) is 0. The van der Waals surface area contributed by atoms with Crippen molar-refractivity contribution in [3.05, 3.63) is 11.8 Å². The van der Waals surface area contributed by atoms with Gasteiger partial charge in [-0.15, -0.1) is 0 Å². The van der Waals surface area contributed by atoms with E-state index in [0.29, 0.717) is 6.10 Å². The molecule has 1 aliphatic heterocycles. The van der Waals surface area contributed by atoms with Crippen molar-refractivity contribution < 1.29 is 4.74 Å². The summed E-state index contributed by atoms with van der Waals surface area (Å²) in [5, 5.41) is 3.14. The molecule has 0 aromatic rings. The quantitative estimate of drug-likeness (QED) is 0.476. The van der Waals surface area contributed by atoms with Crippen molar-refractivity contribution >= 4 is 6.21 Å². The summed E-state index contributed by atoms with van der Waals surface area (Å²) < 4.78 is 5.53. The highest BCUT2D eigenvalue weighted by Crippen LogP contribution is 2.04. The van der Waals surface area contributed by atoms with Crippen LogP contribution in [0.25, 0.3) is 0 Å². The smallest absolute Gasteiger partial charge is 0.133 e. The maximum absolute atomic E-state index is 5.53. The first-order valence-electron chi connectivity index (χ1n) is 3.82. The van der Waals surface area contributed by atoms with E-state index in [1.165, 1.54) is 0 Å². The maximum Gasteiger partial charge on any atom is 0.133 e. The van der Waals surface area contributed by atoms with Crippen LogP contribution in [0.5, 0.6) is 0 Å². The molecule has 0 amide bonds. The van der Waals surface area contributed by atoms with Crippen LogP contribution in [0.4, 0.5) is 0 Å². The molecule has 0 aromatic carbocycles. The van der Waals surface area contributed by atoms with Crippen molar-refractivity contribution in [1.82, 2.24) is 5.32 Å². The molecule has 1 N–H and O–H groups in total. The molecule has 1 fully saturated rings. The normalized spacial score (nSPS) is 20.4. The van der Waals surface area contributed by atoms with Gasteiger partial charge in [0.05, 0.1) is 6.21 Å². The van der Waals surface area contributed by atoms with Gasteiger partial charge in [-0.2, -0.15) is 0 Å². The van der Waals surface area contributed by atoms with Crippen LogP contribution in [-0.4, -0.2) is 32.5 Å². The zero-order chi connectivity index (χ0) is 8.10. The molecule has 0 atom stereocenters. The third-order valence-electron chi connectivity index (χ3n) is 1.59. The van der Waals surface area contributed by atoms with Crippen LogP contribution >= 0.6 is 0 Å². The van der Waals surface area contributed by atoms with Gasteiger partial charge in [0, 0.05) is 20.1 Å². The zero-order valence-corrected chi connectivity index (χ0v) is 7.00. The van der Waals surface area contributed by atoms with Gasteiger partial charge in [-0.25, -0.2) is 0 Å². The number of rotatable bonds is 3. The summed E-state index contributed by atoms with van der Waals surface area (Å²) in [4.78, 5) is 3.88.